The molecular weight excluding hydrogens is 731 g/mol. The van der Waals surface area contributed by atoms with Crippen LogP contribution in [-0.2, 0) is 0 Å². The highest BCUT2D eigenvalue weighted by molar-refractivity contribution is 7.19. The number of halogens is 6. The van der Waals surface area contributed by atoms with Crippen LogP contribution in [0.15, 0.2) is 109 Å². The zero-order chi connectivity index (χ0) is 37.7. The Hall–Kier alpha value is -5.82. The summed E-state index contributed by atoms with van der Waals surface area (Å²) >= 11 is 1.94. The molecule has 0 spiro atoms. The summed E-state index contributed by atoms with van der Waals surface area (Å²) in [4.78, 5) is 0.767. The predicted molar refractivity (Wildman–Crippen MR) is 195 cm³/mol. The van der Waals surface area contributed by atoms with Gasteiger partial charge >= 0.3 is 17.8 Å². The van der Waals surface area contributed by atoms with Crippen molar-refractivity contribution in [3.63, 3.8) is 0 Å². The van der Waals surface area contributed by atoms with E-state index >= 15 is 26.3 Å². The van der Waals surface area contributed by atoms with Crippen LogP contribution in [0.2, 0.25) is 0 Å². The molecule has 6 aromatic rings. The molecule has 12 heteroatoms. The summed E-state index contributed by atoms with van der Waals surface area (Å²) in [6.07, 6.45) is 0. The number of hydrogen-bond donors (Lipinski definition) is 0. The van der Waals surface area contributed by atoms with E-state index in [0.29, 0.717) is 43.5 Å². The van der Waals surface area contributed by atoms with Crippen LogP contribution in [0.5, 0.6) is 11.5 Å². The molecule has 0 N–H and O–H groups in total. The zero-order valence-corrected chi connectivity index (χ0v) is 29.3. The van der Waals surface area contributed by atoms with E-state index in [4.69, 9.17) is 9.47 Å². The SMILES string of the molecule is COc1ccc(-c2cc(C3=C(c4cc(-c5ccc(C#N)cc5)sc4-c4ccc(OC)cc4)C(F)(F)C(F)(F)C3(F)F)c(-c3ccc(C#N)cc3)s2)cc1. The molecule has 4 nitrogen and oxygen atoms in total. The van der Waals surface area contributed by atoms with Crippen molar-refractivity contribution in [3.8, 4) is 65.4 Å². The molecule has 0 radical (unpaired) electrons. The van der Waals surface area contributed by atoms with Gasteiger partial charge in [-0.15, -0.1) is 22.7 Å². The van der Waals surface area contributed by atoms with Crippen molar-refractivity contribution >= 4 is 33.8 Å². The molecule has 0 saturated carbocycles. The van der Waals surface area contributed by atoms with Crippen LogP contribution in [0.4, 0.5) is 26.3 Å². The van der Waals surface area contributed by atoms with Gasteiger partial charge in [-0.1, -0.05) is 24.3 Å². The van der Waals surface area contributed by atoms with Crippen LogP contribution in [0.3, 0.4) is 0 Å². The van der Waals surface area contributed by atoms with Crippen LogP contribution < -0.4 is 9.47 Å². The van der Waals surface area contributed by atoms with E-state index in [1.807, 2.05) is 12.1 Å². The molecule has 0 aliphatic heterocycles. The second-order valence-electron chi connectivity index (χ2n) is 12.0. The molecule has 0 bridgehead atoms. The maximum absolute atomic E-state index is 16.5. The molecule has 2 aromatic heterocycles. The Balaban J connectivity index is 1.56. The summed E-state index contributed by atoms with van der Waals surface area (Å²) in [5, 5.41) is 18.7. The van der Waals surface area contributed by atoms with E-state index in [2.05, 4.69) is 0 Å². The number of methoxy groups -OCH3 is 2. The van der Waals surface area contributed by atoms with Crippen LogP contribution >= 0.6 is 22.7 Å². The van der Waals surface area contributed by atoms with Crippen molar-refractivity contribution < 1.29 is 35.8 Å². The molecule has 264 valence electrons. The molecule has 53 heavy (non-hydrogen) atoms. The quantitative estimate of drug-likeness (QED) is 0.145. The zero-order valence-electron chi connectivity index (χ0n) is 27.7. The smallest absolute Gasteiger partial charge is 0.380 e. The second-order valence-corrected chi connectivity index (χ2v) is 14.1. The second kappa shape index (κ2) is 13.3. The summed E-state index contributed by atoms with van der Waals surface area (Å²) in [6, 6.07) is 31.1. The molecule has 1 aliphatic rings. The first kappa shape index (κ1) is 35.6. The molecule has 7 rings (SSSR count). The standard InChI is InChI=1S/C41H24F6N2O2S2/c1-50-29-15-11-26(12-16-29)34-20-31(37(53-34)27-9-5-24(22-49)6-10-27)35-36(40(44,45)41(46,47)39(35,42)43)32-19-33(25-7-3-23(21-48)4-8-25)52-38(32)28-13-17-30(51-2)18-14-28/h3-20H,1-2H3. The van der Waals surface area contributed by atoms with Crippen LogP contribution in [0.25, 0.3) is 52.9 Å². The summed E-state index contributed by atoms with van der Waals surface area (Å²) in [6.45, 7) is 0. The Bertz CT molecular complexity index is 2450. The maximum Gasteiger partial charge on any atom is 0.380 e. The van der Waals surface area contributed by atoms with Crippen molar-refractivity contribution in [2.75, 3.05) is 14.2 Å². The van der Waals surface area contributed by atoms with E-state index < -0.39 is 40.0 Å². The summed E-state index contributed by atoms with van der Waals surface area (Å²) in [7, 11) is 2.90. The lowest BCUT2D eigenvalue weighted by molar-refractivity contribution is -0.254. The monoisotopic (exact) mass is 754 g/mol. The van der Waals surface area contributed by atoms with Crippen LogP contribution in [0, 0.1) is 22.7 Å². The highest BCUT2D eigenvalue weighted by Gasteiger charge is 2.80. The fraction of sp³-hybridized carbons (Fsp3) is 0.122. The minimum absolute atomic E-state index is 0.0366. The first-order valence-electron chi connectivity index (χ1n) is 15.8. The van der Waals surface area contributed by atoms with Gasteiger partial charge in [0.25, 0.3) is 0 Å². The Morgan fingerprint density at radius 3 is 1.15 bits per heavy atom. The number of alkyl halides is 6. The molecule has 0 fully saturated rings. The van der Waals surface area contributed by atoms with E-state index in [1.165, 1.54) is 74.9 Å². The fourth-order valence-electron chi connectivity index (χ4n) is 6.20. The predicted octanol–water partition coefficient (Wildman–Crippen LogP) is 12.1. The van der Waals surface area contributed by atoms with Crippen molar-refractivity contribution in [2.45, 2.75) is 17.8 Å². The summed E-state index contributed by atoms with van der Waals surface area (Å²) in [5.41, 5.74) is -1.84. The number of rotatable bonds is 8. The third-order valence-electron chi connectivity index (χ3n) is 8.97. The Kier molecular flexibility index (Phi) is 8.93. The van der Waals surface area contributed by atoms with Gasteiger partial charge in [0, 0.05) is 41.8 Å². The van der Waals surface area contributed by atoms with Gasteiger partial charge in [-0.05, 0) is 107 Å². The van der Waals surface area contributed by atoms with Gasteiger partial charge in [0.1, 0.15) is 11.5 Å². The van der Waals surface area contributed by atoms with Crippen LogP contribution in [-0.4, -0.2) is 32.0 Å². The first-order chi connectivity index (χ1) is 25.3. The average molecular weight is 755 g/mol. The van der Waals surface area contributed by atoms with Gasteiger partial charge in [0.2, 0.25) is 0 Å². The van der Waals surface area contributed by atoms with E-state index in [1.54, 1.807) is 48.5 Å². The lowest BCUT2D eigenvalue weighted by Gasteiger charge is -2.26. The molecule has 0 saturated heterocycles. The van der Waals surface area contributed by atoms with Crippen LogP contribution in [0.1, 0.15) is 22.3 Å². The minimum Gasteiger partial charge on any atom is -0.497 e. The highest BCUT2D eigenvalue weighted by atomic mass is 32.1. The molecular formula is C41H24F6N2O2S2. The van der Waals surface area contributed by atoms with Crippen molar-refractivity contribution in [1.82, 2.24) is 0 Å². The molecule has 2 heterocycles. The Morgan fingerprint density at radius 2 is 0.811 bits per heavy atom. The fourth-order valence-corrected chi connectivity index (χ4v) is 8.55. The number of hydrogen-bond acceptors (Lipinski definition) is 6. The molecule has 0 unspecified atom stereocenters. The van der Waals surface area contributed by atoms with Crippen molar-refractivity contribution in [2.24, 2.45) is 0 Å². The molecule has 0 amide bonds. The van der Waals surface area contributed by atoms with Gasteiger partial charge in [-0.25, -0.2) is 0 Å². The third-order valence-corrected chi connectivity index (χ3v) is 11.4. The average Bonchev–Trinajstić information content (AvgIpc) is 3.84. The third kappa shape index (κ3) is 5.85. The number of benzene rings is 4. The van der Waals surface area contributed by atoms with Gasteiger partial charge in [0.15, 0.2) is 0 Å². The minimum atomic E-state index is -5.82. The normalized spacial score (nSPS) is 15.5. The molecule has 0 atom stereocenters. The Labute approximate surface area is 308 Å². The molecule has 1 aliphatic carbocycles. The largest absolute Gasteiger partial charge is 0.497 e. The highest BCUT2D eigenvalue weighted by Crippen LogP contribution is 2.67. The van der Waals surface area contributed by atoms with Gasteiger partial charge in [-0.2, -0.15) is 36.9 Å². The van der Waals surface area contributed by atoms with Gasteiger partial charge in [0.05, 0.1) is 37.5 Å². The number of ether oxygens (including phenoxy) is 2. The first-order valence-corrected chi connectivity index (χ1v) is 17.4. The van der Waals surface area contributed by atoms with Gasteiger partial charge in [-0.3, -0.25) is 0 Å². The van der Waals surface area contributed by atoms with E-state index in [0.717, 1.165) is 22.7 Å². The Morgan fingerprint density at radius 1 is 0.491 bits per heavy atom. The lowest BCUT2D eigenvalue weighted by Crippen LogP contribution is -2.48. The number of nitriles is 2. The summed E-state index contributed by atoms with van der Waals surface area (Å²) < 4.78 is 108. The topological polar surface area (TPSA) is 66.0 Å². The maximum atomic E-state index is 16.5. The number of thiophene rings is 2. The van der Waals surface area contributed by atoms with E-state index in [-0.39, 0.29) is 20.9 Å². The number of allylic oxidation sites excluding steroid dienone is 2. The van der Waals surface area contributed by atoms with Crippen molar-refractivity contribution in [1.29, 1.82) is 10.5 Å². The van der Waals surface area contributed by atoms with E-state index in [9.17, 15) is 10.5 Å². The van der Waals surface area contributed by atoms with Crippen molar-refractivity contribution in [3.05, 3.63) is 131 Å². The lowest BCUT2D eigenvalue weighted by atomic mass is 9.91. The van der Waals surface area contributed by atoms with Gasteiger partial charge < -0.3 is 9.47 Å². The molecule has 4 aromatic carbocycles. The number of nitrogens with zero attached hydrogens (tertiary/aromatic N) is 2. The summed E-state index contributed by atoms with van der Waals surface area (Å²) in [5.74, 6) is -15.5.